The summed E-state index contributed by atoms with van der Waals surface area (Å²) >= 11 is 0. The topological polar surface area (TPSA) is 92.3 Å². The molecule has 3 aromatic heterocycles. The van der Waals surface area contributed by atoms with Crippen molar-refractivity contribution in [2.24, 2.45) is 0 Å². The minimum atomic E-state index is 0.511. The Morgan fingerprint density at radius 2 is 1.87 bits per heavy atom. The number of anilines is 2. The first-order chi connectivity index (χ1) is 15.3. The minimum absolute atomic E-state index is 0.511. The fraction of sp³-hybridized carbons (Fsp3) is 0.0417. The third kappa shape index (κ3) is 4.02. The molecule has 0 aliphatic heterocycles. The van der Waals surface area contributed by atoms with Crippen molar-refractivity contribution < 1.29 is 0 Å². The number of aromatic nitrogens is 6. The van der Waals surface area contributed by atoms with Crippen LogP contribution in [0.3, 0.4) is 0 Å². The van der Waals surface area contributed by atoms with E-state index in [2.05, 4.69) is 41.5 Å². The fourth-order valence-corrected chi connectivity index (χ4v) is 3.17. The van der Waals surface area contributed by atoms with Gasteiger partial charge in [-0.2, -0.15) is 5.10 Å². The molecule has 0 aliphatic carbocycles. The number of aromatic amines is 1. The molecule has 2 aromatic carbocycles. The van der Waals surface area contributed by atoms with Gasteiger partial charge in [-0.3, -0.25) is 10.1 Å². The molecular formula is C24H18N7. The Labute approximate surface area is 179 Å². The lowest BCUT2D eigenvalue weighted by Crippen LogP contribution is -2.00. The lowest BCUT2D eigenvalue weighted by molar-refractivity contribution is 1.10. The second-order valence-corrected chi connectivity index (χ2v) is 6.96. The van der Waals surface area contributed by atoms with Crippen LogP contribution in [-0.2, 0) is 0 Å². The highest BCUT2D eigenvalue weighted by Gasteiger charge is 2.11. The summed E-state index contributed by atoms with van der Waals surface area (Å²) in [4.78, 5) is 17.8. The van der Waals surface area contributed by atoms with Gasteiger partial charge in [0.2, 0.25) is 5.95 Å². The van der Waals surface area contributed by atoms with Crippen molar-refractivity contribution in [2.75, 3.05) is 5.32 Å². The normalized spacial score (nSPS) is 10.7. The van der Waals surface area contributed by atoms with Gasteiger partial charge in [0.15, 0.2) is 11.6 Å². The molecule has 3 heterocycles. The molecule has 5 rings (SSSR count). The van der Waals surface area contributed by atoms with E-state index in [1.54, 1.807) is 18.6 Å². The van der Waals surface area contributed by atoms with Gasteiger partial charge in [-0.15, -0.1) is 0 Å². The number of pyridine rings is 1. The van der Waals surface area contributed by atoms with E-state index in [1.165, 1.54) is 0 Å². The fourth-order valence-electron chi connectivity index (χ4n) is 3.17. The Balaban J connectivity index is 1.43. The second kappa shape index (κ2) is 8.16. The summed E-state index contributed by atoms with van der Waals surface area (Å²) < 4.78 is 0. The minimum Gasteiger partial charge on any atom is -0.324 e. The van der Waals surface area contributed by atoms with Gasteiger partial charge in [-0.25, -0.2) is 15.0 Å². The van der Waals surface area contributed by atoms with Gasteiger partial charge in [-0.05, 0) is 48.9 Å². The van der Waals surface area contributed by atoms with Gasteiger partial charge >= 0.3 is 0 Å². The number of H-pyrrole nitrogens is 1. The zero-order valence-corrected chi connectivity index (χ0v) is 16.7. The maximum absolute atomic E-state index is 4.63. The molecule has 0 unspecified atom stereocenters. The van der Waals surface area contributed by atoms with Crippen LogP contribution in [0.5, 0.6) is 0 Å². The molecule has 0 amide bonds. The summed E-state index contributed by atoms with van der Waals surface area (Å²) in [6, 6.07) is 22.4. The van der Waals surface area contributed by atoms with Crippen LogP contribution in [0.1, 0.15) is 5.56 Å². The number of benzene rings is 2. The van der Waals surface area contributed by atoms with E-state index < -0.39 is 0 Å². The van der Waals surface area contributed by atoms with Crippen LogP contribution >= 0.6 is 0 Å². The first-order valence-electron chi connectivity index (χ1n) is 9.77. The molecule has 0 saturated carbocycles. The Bertz CT molecular complexity index is 1310. The Hall–Kier alpha value is -4.39. The third-order valence-corrected chi connectivity index (χ3v) is 4.82. The highest BCUT2D eigenvalue weighted by Crippen LogP contribution is 2.27. The van der Waals surface area contributed by atoms with Gasteiger partial charge in [0.1, 0.15) is 0 Å². The van der Waals surface area contributed by atoms with E-state index >= 15 is 0 Å². The number of rotatable bonds is 5. The summed E-state index contributed by atoms with van der Waals surface area (Å²) in [6.07, 6.45) is 5.25. The smallest absolute Gasteiger partial charge is 0.227 e. The predicted molar refractivity (Wildman–Crippen MR) is 119 cm³/mol. The van der Waals surface area contributed by atoms with Crippen LogP contribution in [0.15, 0.2) is 79.3 Å². The van der Waals surface area contributed by atoms with Gasteiger partial charge in [0.05, 0.1) is 5.69 Å². The molecule has 2 N–H and O–H groups in total. The van der Waals surface area contributed by atoms with Crippen molar-refractivity contribution >= 4 is 11.6 Å². The predicted octanol–water partition coefficient (Wildman–Crippen LogP) is 4.84. The molecule has 0 atom stereocenters. The number of nitrogens with zero attached hydrogens (tertiary/aromatic N) is 5. The van der Waals surface area contributed by atoms with Crippen molar-refractivity contribution in [3.63, 3.8) is 0 Å². The van der Waals surface area contributed by atoms with E-state index in [0.29, 0.717) is 17.6 Å². The van der Waals surface area contributed by atoms with E-state index in [1.807, 2.05) is 67.6 Å². The van der Waals surface area contributed by atoms with Gasteiger partial charge < -0.3 is 5.32 Å². The van der Waals surface area contributed by atoms with E-state index in [9.17, 15) is 0 Å². The lowest BCUT2D eigenvalue weighted by atomic mass is 10.1. The molecule has 149 valence electrons. The van der Waals surface area contributed by atoms with Crippen LogP contribution in [0.25, 0.3) is 34.0 Å². The standard InChI is InChI=1S/C24H18N7/c1-16-9-10-18(23-29-22(30-31-23)17-6-3-2-4-7-17)14-21(16)28-24-26-13-11-20(27-24)19-8-5-12-25-15-19/h2-3,5-15H,1H3,(H,26,27,28)(H,29,30,31). The molecule has 0 spiro atoms. The largest absolute Gasteiger partial charge is 0.324 e. The Morgan fingerprint density at radius 3 is 2.71 bits per heavy atom. The van der Waals surface area contributed by atoms with Crippen molar-refractivity contribution in [3.8, 4) is 34.0 Å². The molecule has 5 aromatic rings. The van der Waals surface area contributed by atoms with Crippen LogP contribution in [-0.4, -0.2) is 30.1 Å². The third-order valence-electron chi connectivity index (χ3n) is 4.82. The number of hydrogen-bond donors (Lipinski definition) is 2. The molecule has 0 fully saturated rings. The molecule has 31 heavy (non-hydrogen) atoms. The van der Waals surface area contributed by atoms with Gasteiger partial charge in [0.25, 0.3) is 0 Å². The highest BCUT2D eigenvalue weighted by atomic mass is 15.2. The summed E-state index contributed by atoms with van der Waals surface area (Å²) in [6.45, 7) is 2.03. The average molecular weight is 404 g/mol. The zero-order valence-electron chi connectivity index (χ0n) is 16.7. The average Bonchev–Trinajstić information content (AvgIpc) is 3.32. The van der Waals surface area contributed by atoms with Gasteiger partial charge in [0, 0.05) is 41.0 Å². The van der Waals surface area contributed by atoms with E-state index in [4.69, 9.17) is 0 Å². The lowest BCUT2D eigenvalue weighted by Gasteiger charge is -2.10. The number of aryl methyl sites for hydroxylation is 1. The van der Waals surface area contributed by atoms with Crippen molar-refractivity contribution in [1.29, 1.82) is 0 Å². The monoisotopic (exact) mass is 404 g/mol. The second-order valence-electron chi connectivity index (χ2n) is 6.96. The Kier molecular flexibility index (Phi) is 4.90. The summed E-state index contributed by atoms with van der Waals surface area (Å²) in [5.74, 6) is 1.83. The molecule has 1 radical (unpaired) electrons. The van der Waals surface area contributed by atoms with Crippen molar-refractivity contribution in [3.05, 3.63) is 90.9 Å². The molecule has 7 heteroatoms. The zero-order chi connectivity index (χ0) is 21.0. The van der Waals surface area contributed by atoms with Crippen LogP contribution in [0.4, 0.5) is 11.6 Å². The van der Waals surface area contributed by atoms with Crippen molar-refractivity contribution in [2.45, 2.75) is 6.92 Å². The molecular weight excluding hydrogens is 386 g/mol. The number of hydrogen-bond acceptors (Lipinski definition) is 6. The quantitative estimate of drug-likeness (QED) is 0.435. The van der Waals surface area contributed by atoms with Crippen LogP contribution in [0.2, 0.25) is 0 Å². The van der Waals surface area contributed by atoms with Crippen LogP contribution in [0, 0.1) is 13.0 Å². The SMILES string of the molecule is Cc1ccc(-c2n[nH]c(-c3c[c]ccc3)n2)cc1Nc1nccc(-c2cccnc2)n1. The maximum atomic E-state index is 4.63. The van der Waals surface area contributed by atoms with Crippen LogP contribution < -0.4 is 5.32 Å². The van der Waals surface area contributed by atoms with Gasteiger partial charge in [-0.1, -0.05) is 30.3 Å². The van der Waals surface area contributed by atoms with E-state index in [0.717, 1.165) is 33.6 Å². The molecule has 0 bridgehead atoms. The first kappa shape index (κ1) is 18.6. The molecule has 7 nitrogen and oxygen atoms in total. The first-order valence-corrected chi connectivity index (χ1v) is 9.77. The summed E-state index contributed by atoms with van der Waals surface area (Å²) in [5.41, 5.74) is 5.52. The highest BCUT2D eigenvalue weighted by molar-refractivity contribution is 5.70. The molecule has 0 saturated heterocycles. The summed E-state index contributed by atoms with van der Waals surface area (Å²) in [7, 11) is 0. The van der Waals surface area contributed by atoms with Crippen molar-refractivity contribution in [1.82, 2.24) is 30.1 Å². The summed E-state index contributed by atoms with van der Waals surface area (Å²) in [5, 5.41) is 10.7. The number of nitrogens with one attached hydrogen (secondary N) is 2. The maximum Gasteiger partial charge on any atom is 0.227 e. The Morgan fingerprint density at radius 1 is 0.935 bits per heavy atom. The van der Waals surface area contributed by atoms with E-state index in [-0.39, 0.29) is 0 Å². The molecule has 0 aliphatic rings.